The third kappa shape index (κ3) is 8.08. The van der Waals surface area contributed by atoms with Crippen LogP contribution in [-0.2, 0) is 27.2 Å². The number of hydrogen-bond acceptors (Lipinski definition) is 9. The average Bonchev–Trinajstić information content (AvgIpc) is 3.67. The third-order valence-corrected chi connectivity index (χ3v) is 10.0. The number of nitrogens with one attached hydrogen (secondary N) is 1. The number of ether oxygens (including phenoxy) is 2. The SMILES string of the molecule is CCOC(=O)c1ccc(CC(=O)C2c3cccc(OCCC4CCNCC4)c3CC(C)(C)N2C(=O)/C=C/c2c(-n3cnnn3)ccc(Cl)c2F)cc1. The van der Waals surface area contributed by atoms with Gasteiger partial charge in [0.2, 0.25) is 5.91 Å². The summed E-state index contributed by atoms with van der Waals surface area (Å²) in [4.78, 5) is 42.7. The maximum atomic E-state index is 15.4. The lowest BCUT2D eigenvalue weighted by molar-refractivity contribution is -0.143. The number of piperidine rings is 1. The summed E-state index contributed by atoms with van der Waals surface area (Å²) in [6, 6.07) is 14.3. The third-order valence-electron chi connectivity index (χ3n) is 9.71. The first kappa shape index (κ1) is 36.8. The summed E-state index contributed by atoms with van der Waals surface area (Å²) in [5.74, 6) is -0.620. The predicted octanol–water partition coefficient (Wildman–Crippen LogP) is 6.13. The van der Waals surface area contributed by atoms with Crippen LogP contribution in [-0.4, -0.2) is 74.6 Å². The standard InChI is InChI=1S/C39H42ClFN6O5/c1-4-51-38(50)27-10-8-26(9-11-27)22-33(48)37-28-6-5-7-34(52-21-18-25-16-19-42-20-17-25)30(28)23-39(2,3)47(37)35(49)15-12-29-32(46-24-43-44-45-46)14-13-31(40)36(29)41/h5-15,24-25,37,42H,4,16-23H2,1-3H3/b15-12+. The fourth-order valence-electron chi connectivity index (χ4n) is 7.11. The number of tetrazole rings is 1. The molecule has 52 heavy (non-hydrogen) atoms. The number of esters is 1. The van der Waals surface area contributed by atoms with Crippen molar-refractivity contribution >= 4 is 35.3 Å². The Bertz CT molecular complexity index is 1940. The summed E-state index contributed by atoms with van der Waals surface area (Å²) in [7, 11) is 0. The van der Waals surface area contributed by atoms with Crippen LogP contribution in [0.1, 0.15) is 78.7 Å². The molecule has 6 rings (SSSR count). The molecule has 1 fully saturated rings. The molecule has 3 aromatic carbocycles. The number of Topliss-reactive ketones (excluding diaryl/α,β-unsaturated/α-hetero) is 1. The molecule has 1 amide bonds. The lowest BCUT2D eigenvalue weighted by Gasteiger charge is -2.48. The second-order valence-corrected chi connectivity index (χ2v) is 14.1. The van der Waals surface area contributed by atoms with Gasteiger partial charge in [0.05, 0.1) is 29.5 Å². The van der Waals surface area contributed by atoms with Crippen molar-refractivity contribution in [1.29, 1.82) is 0 Å². The predicted molar refractivity (Wildman–Crippen MR) is 194 cm³/mol. The van der Waals surface area contributed by atoms with Crippen molar-refractivity contribution in [3.8, 4) is 11.4 Å². The van der Waals surface area contributed by atoms with Gasteiger partial charge in [-0.15, -0.1) is 5.10 Å². The number of ketones is 1. The maximum absolute atomic E-state index is 15.4. The topological polar surface area (TPSA) is 129 Å². The number of hydrogen-bond donors (Lipinski definition) is 1. The molecule has 0 radical (unpaired) electrons. The van der Waals surface area contributed by atoms with Crippen molar-refractivity contribution < 1.29 is 28.2 Å². The molecule has 4 aromatic rings. The highest BCUT2D eigenvalue weighted by atomic mass is 35.5. The van der Waals surface area contributed by atoms with Crippen LogP contribution in [0.3, 0.4) is 0 Å². The first-order valence-electron chi connectivity index (χ1n) is 17.5. The normalized spacial score (nSPS) is 17.2. The Morgan fingerprint density at radius 1 is 1.08 bits per heavy atom. The van der Waals surface area contributed by atoms with E-state index < -0.39 is 29.3 Å². The zero-order chi connectivity index (χ0) is 36.8. The van der Waals surface area contributed by atoms with E-state index in [2.05, 4.69) is 20.8 Å². The molecule has 13 heteroatoms. The molecular weight excluding hydrogens is 687 g/mol. The van der Waals surface area contributed by atoms with Crippen molar-refractivity contribution in [1.82, 2.24) is 30.4 Å². The van der Waals surface area contributed by atoms with Gasteiger partial charge in [-0.2, -0.15) is 4.68 Å². The molecule has 0 spiro atoms. The number of carbonyl (C=O) groups is 3. The van der Waals surface area contributed by atoms with Crippen molar-refractivity contribution in [2.24, 2.45) is 5.92 Å². The minimum Gasteiger partial charge on any atom is -0.493 e. The van der Waals surface area contributed by atoms with Crippen LogP contribution in [0.15, 0.2) is 67.0 Å². The maximum Gasteiger partial charge on any atom is 0.338 e. The lowest BCUT2D eigenvalue weighted by Crippen LogP contribution is -2.55. The zero-order valence-corrected chi connectivity index (χ0v) is 30.2. The van der Waals surface area contributed by atoms with Crippen LogP contribution >= 0.6 is 11.6 Å². The van der Waals surface area contributed by atoms with E-state index in [0.717, 1.165) is 37.9 Å². The number of amides is 1. The number of fused-ring (bicyclic) bond motifs is 1. The fraction of sp³-hybridized carbons (Fsp3) is 0.385. The Morgan fingerprint density at radius 3 is 2.56 bits per heavy atom. The number of carbonyl (C=O) groups excluding carboxylic acids is 3. The van der Waals surface area contributed by atoms with Gasteiger partial charge in [0.25, 0.3) is 0 Å². The molecule has 2 aliphatic heterocycles. The number of aromatic nitrogens is 4. The minimum absolute atomic E-state index is 0.00997. The average molecular weight is 729 g/mol. The first-order valence-corrected chi connectivity index (χ1v) is 17.9. The van der Waals surface area contributed by atoms with Crippen molar-refractivity contribution in [3.63, 3.8) is 0 Å². The quantitative estimate of drug-likeness (QED) is 0.135. The molecule has 1 unspecified atom stereocenters. The lowest BCUT2D eigenvalue weighted by atomic mass is 9.78. The van der Waals surface area contributed by atoms with E-state index in [0.29, 0.717) is 41.4 Å². The summed E-state index contributed by atoms with van der Waals surface area (Å²) >= 11 is 6.14. The van der Waals surface area contributed by atoms with E-state index in [1.165, 1.54) is 29.2 Å². The number of halogens is 2. The first-order chi connectivity index (χ1) is 25.1. The van der Waals surface area contributed by atoms with E-state index in [4.69, 9.17) is 21.1 Å². The van der Waals surface area contributed by atoms with Crippen molar-refractivity contribution in [2.45, 2.75) is 64.5 Å². The van der Waals surface area contributed by atoms with Gasteiger partial charge in [-0.25, -0.2) is 9.18 Å². The highest BCUT2D eigenvalue weighted by Crippen LogP contribution is 2.44. The highest BCUT2D eigenvalue weighted by Gasteiger charge is 2.45. The van der Waals surface area contributed by atoms with Crippen LogP contribution < -0.4 is 10.1 Å². The van der Waals surface area contributed by atoms with Gasteiger partial charge in [0.1, 0.15) is 18.1 Å². The highest BCUT2D eigenvalue weighted by molar-refractivity contribution is 6.31. The molecule has 2 aliphatic rings. The minimum atomic E-state index is -0.989. The van der Waals surface area contributed by atoms with Gasteiger partial charge in [-0.1, -0.05) is 35.9 Å². The monoisotopic (exact) mass is 728 g/mol. The van der Waals surface area contributed by atoms with Gasteiger partial charge >= 0.3 is 5.97 Å². The van der Waals surface area contributed by atoms with Gasteiger partial charge in [-0.3, -0.25) is 9.59 Å². The van der Waals surface area contributed by atoms with E-state index in [1.54, 1.807) is 42.2 Å². The van der Waals surface area contributed by atoms with Gasteiger partial charge in [0, 0.05) is 29.2 Å². The Labute approximate surface area is 307 Å². The fourth-order valence-corrected chi connectivity index (χ4v) is 7.28. The van der Waals surface area contributed by atoms with E-state index in [1.807, 2.05) is 32.0 Å². The number of benzene rings is 3. The Morgan fingerprint density at radius 2 is 1.85 bits per heavy atom. The second-order valence-electron chi connectivity index (χ2n) is 13.7. The van der Waals surface area contributed by atoms with E-state index in [-0.39, 0.29) is 35.1 Å². The molecule has 272 valence electrons. The molecule has 1 aromatic heterocycles. The summed E-state index contributed by atoms with van der Waals surface area (Å²) in [5.41, 5.74) is 2.04. The van der Waals surface area contributed by atoms with Crippen LogP contribution in [0.2, 0.25) is 5.02 Å². The van der Waals surface area contributed by atoms with Gasteiger partial charge in [0.15, 0.2) is 11.6 Å². The summed E-state index contributed by atoms with van der Waals surface area (Å²) in [6.45, 7) is 8.38. The van der Waals surface area contributed by atoms with E-state index >= 15 is 4.39 Å². The summed E-state index contributed by atoms with van der Waals surface area (Å²) in [5, 5.41) is 14.4. The zero-order valence-electron chi connectivity index (χ0n) is 29.5. The van der Waals surface area contributed by atoms with Gasteiger partial charge in [-0.05, 0) is 123 Å². The Hall–Kier alpha value is -4.94. The Balaban J connectivity index is 1.34. The molecule has 1 saturated heterocycles. The molecule has 0 bridgehead atoms. The van der Waals surface area contributed by atoms with Crippen LogP contribution in [0.25, 0.3) is 11.8 Å². The van der Waals surface area contributed by atoms with Crippen LogP contribution in [0.5, 0.6) is 5.75 Å². The summed E-state index contributed by atoms with van der Waals surface area (Å²) in [6.07, 6.45) is 7.47. The molecule has 1 atom stereocenters. The van der Waals surface area contributed by atoms with Crippen molar-refractivity contribution in [3.05, 3.63) is 106 Å². The molecule has 0 aliphatic carbocycles. The van der Waals surface area contributed by atoms with Crippen molar-refractivity contribution in [2.75, 3.05) is 26.3 Å². The smallest absolute Gasteiger partial charge is 0.338 e. The van der Waals surface area contributed by atoms with Gasteiger partial charge < -0.3 is 19.7 Å². The molecule has 11 nitrogen and oxygen atoms in total. The molecule has 1 N–H and O–H groups in total. The molecular formula is C39H42ClFN6O5. The van der Waals surface area contributed by atoms with Crippen LogP contribution in [0, 0.1) is 11.7 Å². The number of nitrogens with zero attached hydrogens (tertiary/aromatic N) is 5. The molecule has 0 saturated carbocycles. The van der Waals surface area contributed by atoms with Crippen LogP contribution in [0.4, 0.5) is 4.39 Å². The summed E-state index contributed by atoms with van der Waals surface area (Å²) < 4.78 is 28.2. The van der Waals surface area contributed by atoms with E-state index in [9.17, 15) is 14.4 Å². The number of rotatable bonds is 12. The Kier molecular flexibility index (Phi) is 11.5. The molecule has 3 heterocycles. The largest absolute Gasteiger partial charge is 0.493 e. The second kappa shape index (κ2) is 16.2.